The summed E-state index contributed by atoms with van der Waals surface area (Å²) in [6.07, 6.45) is 3.80. The predicted octanol–water partition coefficient (Wildman–Crippen LogP) is 6.55. The molecule has 5 heteroatoms. The van der Waals surface area contributed by atoms with Crippen LogP contribution in [-0.4, -0.2) is 17.6 Å². The van der Waals surface area contributed by atoms with Crippen LogP contribution in [0.5, 0.6) is 0 Å². The van der Waals surface area contributed by atoms with E-state index in [1.54, 1.807) is 39.0 Å². The number of esters is 1. The Bertz CT molecular complexity index is 1240. The van der Waals surface area contributed by atoms with Crippen LogP contribution in [-0.2, 0) is 9.53 Å². The van der Waals surface area contributed by atoms with Crippen molar-refractivity contribution in [3.8, 4) is 11.3 Å². The number of carbonyl (C=O) groups is 1. The lowest BCUT2D eigenvalue weighted by Gasteiger charge is -2.24. The van der Waals surface area contributed by atoms with Crippen molar-refractivity contribution in [2.75, 3.05) is 6.61 Å². The number of rotatable bonds is 5. The summed E-state index contributed by atoms with van der Waals surface area (Å²) in [6.45, 7) is 5.59. The molecule has 32 heavy (non-hydrogen) atoms. The molecule has 0 saturated carbocycles. The topological polar surface area (TPSA) is 39.2 Å². The van der Waals surface area contributed by atoms with E-state index in [2.05, 4.69) is 4.98 Å². The van der Waals surface area contributed by atoms with Crippen LogP contribution in [0.2, 0.25) is 0 Å². The van der Waals surface area contributed by atoms with E-state index in [0.29, 0.717) is 22.5 Å². The zero-order valence-corrected chi connectivity index (χ0v) is 18.2. The lowest BCUT2D eigenvalue weighted by atomic mass is 9.81. The zero-order chi connectivity index (χ0) is 22.9. The number of pyridine rings is 1. The van der Waals surface area contributed by atoms with Gasteiger partial charge in [-0.15, -0.1) is 0 Å². The molecule has 2 aromatic carbocycles. The highest BCUT2D eigenvalue weighted by Gasteiger charge is 2.38. The van der Waals surface area contributed by atoms with Gasteiger partial charge in [-0.3, -0.25) is 4.79 Å². The summed E-state index contributed by atoms with van der Waals surface area (Å²) >= 11 is 0. The van der Waals surface area contributed by atoms with E-state index in [-0.39, 0.29) is 24.2 Å². The van der Waals surface area contributed by atoms with Crippen LogP contribution in [0.1, 0.15) is 37.6 Å². The highest BCUT2D eigenvalue weighted by atomic mass is 19.1. The molecule has 162 valence electrons. The zero-order valence-electron chi connectivity index (χ0n) is 18.2. The summed E-state index contributed by atoms with van der Waals surface area (Å²) in [7, 11) is 0. The molecule has 0 spiro atoms. The maximum absolute atomic E-state index is 14.1. The van der Waals surface area contributed by atoms with E-state index in [1.165, 1.54) is 24.3 Å². The Labute approximate surface area is 186 Å². The number of benzene rings is 2. The molecule has 3 aromatic rings. The minimum absolute atomic E-state index is 0.272. The van der Waals surface area contributed by atoms with Gasteiger partial charge in [-0.1, -0.05) is 12.1 Å². The number of nitrogens with zero attached hydrogens (tertiary/aromatic N) is 1. The van der Waals surface area contributed by atoms with E-state index in [9.17, 15) is 13.6 Å². The first-order chi connectivity index (χ1) is 15.3. The van der Waals surface area contributed by atoms with E-state index in [1.807, 2.05) is 30.4 Å². The lowest BCUT2D eigenvalue weighted by Crippen LogP contribution is -2.27. The van der Waals surface area contributed by atoms with E-state index in [4.69, 9.17) is 4.74 Å². The molecular formula is C27H23F2NO2. The van der Waals surface area contributed by atoms with Gasteiger partial charge in [0, 0.05) is 5.56 Å². The largest absolute Gasteiger partial charge is 0.465 e. The average molecular weight is 431 g/mol. The number of fused-ring (bicyclic) bond motifs is 1. The summed E-state index contributed by atoms with van der Waals surface area (Å²) in [5.74, 6) is -1.03. The van der Waals surface area contributed by atoms with Gasteiger partial charge >= 0.3 is 5.97 Å². The number of halogens is 2. The molecule has 0 N–H and O–H groups in total. The second-order valence-corrected chi connectivity index (χ2v) is 8.15. The highest BCUT2D eigenvalue weighted by molar-refractivity contribution is 6.07. The van der Waals surface area contributed by atoms with Crippen LogP contribution in [0.3, 0.4) is 0 Å². The molecule has 0 aliphatic heterocycles. The fraction of sp³-hybridized carbons (Fsp3) is 0.185. The Kier molecular flexibility index (Phi) is 5.74. The van der Waals surface area contributed by atoms with Crippen molar-refractivity contribution in [1.29, 1.82) is 0 Å². The summed E-state index contributed by atoms with van der Waals surface area (Å²) < 4.78 is 32.6. The van der Waals surface area contributed by atoms with E-state index in [0.717, 1.165) is 16.7 Å². The summed E-state index contributed by atoms with van der Waals surface area (Å²) in [5, 5.41) is 0. The standard InChI is InChI=1S/C27H23F2NO2/c1-4-32-26(31)27(2,3)24-15-18(22-13-12-20(29)16-23(22)24)14-21-6-5-7-25(30-21)17-8-10-19(28)11-9-17/h5-16H,4H2,1-3H3/b18-14+. The van der Waals surface area contributed by atoms with Crippen molar-refractivity contribution in [2.45, 2.75) is 20.8 Å². The second kappa shape index (κ2) is 8.50. The summed E-state index contributed by atoms with van der Waals surface area (Å²) in [5.41, 5.74) is 4.30. The average Bonchev–Trinajstić information content (AvgIpc) is 3.12. The number of allylic oxidation sites excluding steroid dienone is 2. The first-order valence-corrected chi connectivity index (χ1v) is 10.4. The van der Waals surface area contributed by atoms with Crippen molar-refractivity contribution in [2.24, 2.45) is 5.41 Å². The third-order valence-corrected chi connectivity index (χ3v) is 5.56. The van der Waals surface area contributed by atoms with E-state index >= 15 is 0 Å². The maximum atomic E-state index is 14.1. The molecule has 3 nitrogen and oxygen atoms in total. The third kappa shape index (κ3) is 4.11. The predicted molar refractivity (Wildman–Crippen MR) is 122 cm³/mol. The van der Waals surface area contributed by atoms with Crippen LogP contribution in [0.25, 0.3) is 28.5 Å². The molecule has 1 aromatic heterocycles. The molecule has 0 saturated heterocycles. The highest BCUT2D eigenvalue weighted by Crippen LogP contribution is 2.46. The molecule has 1 aliphatic carbocycles. The van der Waals surface area contributed by atoms with Crippen LogP contribution in [0.15, 0.2) is 66.7 Å². The number of hydrogen-bond acceptors (Lipinski definition) is 3. The number of aromatic nitrogens is 1. The van der Waals surface area contributed by atoms with Crippen molar-refractivity contribution in [3.63, 3.8) is 0 Å². The fourth-order valence-corrected chi connectivity index (χ4v) is 3.83. The normalized spacial score (nSPS) is 14.3. The molecule has 0 amide bonds. The third-order valence-electron chi connectivity index (χ3n) is 5.56. The van der Waals surface area contributed by atoms with Crippen molar-refractivity contribution in [1.82, 2.24) is 4.98 Å². The molecule has 0 unspecified atom stereocenters. The van der Waals surface area contributed by atoms with Crippen LogP contribution < -0.4 is 0 Å². The summed E-state index contributed by atoms with van der Waals surface area (Å²) in [4.78, 5) is 17.3. The van der Waals surface area contributed by atoms with Gasteiger partial charge in [0.25, 0.3) is 0 Å². The number of ether oxygens (including phenoxy) is 1. The van der Waals surface area contributed by atoms with Gasteiger partial charge in [-0.05, 0) is 104 Å². The van der Waals surface area contributed by atoms with Gasteiger partial charge in [0.15, 0.2) is 0 Å². The Morgan fingerprint density at radius 1 is 1.00 bits per heavy atom. The molecular weight excluding hydrogens is 408 g/mol. The van der Waals surface area contributed by atoms with E-state index < -0.39 is 5.41 Å². The maximum Gasteiger partial charge on any atom is 0.315 e. The molecule has 1 heterocycles. The number of carbonyl (C=O) groups excluding carboxylic acids is 1. The van der Waals surface area contributed by atoms with Gasteiger partial charge in [0.1, 0.15) is 11.6 Å². The first kappa shape index (κ1) is 21.6. The Balaban J connectivity index is 1.78. The van der Waals surface area contributed by atoms with Crippen molar-refractivity contribution >= 4 is 23.2 Å². The van der Waals surface area contributed by atoms with Gasteiger partial charge in [0.05, 0.1) is 23.4 Å². The van der Waals surface area contributed by atoms with Crippen LogP contribution in [0.4, 0.5) is 8.78 Å². The fourth-order valence-electron chi connectivity index (χ4n) is 3.83. The Morgan fingerprint density at radius 3 is 2.44 bits per heavy atom. The quantitative estimate of drug-likeness (QED) is 0.430. The van der Waals surface area contributed by atoms with Crippen molar-refractivity contribution in [3.05, 3.63) is 95.2 Å². The number of hydrogen-bond donors (Lipinski definition) is 0. The second-order valence-electron chi connectivity index (χ2n) is 8.15. The minimum Gasteiger partial charge on any atom is -0.465 e. The van der Waals surface area contributed by atoms with Gasteiger partial charge in [-0.2, -0.15) is 0 Å². The lowest BCUT2D eigenvalue weighted by molar-refractivity contribution is -0.150. The molecule has 0 fully saturated rings. The first-order valence-electron chi connectivity index (χ1n) is 10.4. The van der Waals surface area contributed by atoms with Gasteiger partial charge in [0.2, 0.25) is 0 Å². The minimum atomic E-state index is -0.947. The smallest absolute Gasteiger partial charge is 0.315 e. The Morgan fingerprint density at radius 2 is 1.72 bits per heavy atom. The Hall–Kier alpha value is -3.60. The monoisotopic (exact) mass is 431 g/mol. The van der Waals surface area contributed by atoms with Crippen LogP contribution in [0, 0.1) is 17.0 Å². The summed E-state index contributed by atoms with van der Waals surface area (Å²) in [6, 6.07) is 16.3. The van der Waals surface area contributed by atoms with Gasteiger partial charge in [-0.25, -0.2) is 13.8 Å². The molecule has 1 aliphatic rings. The molecule has 0 radical (unpaired) electrons. The SMILES string of the molecule is CCOC(=O)C(C)(C)C1=C/C(=C\c2cccc(-c3ccc(F)cc3)n2)c2ccc(F)cc21. The van der Waals surface area contributed by atoms with Crippen LogP contribution >= 0.6 is 0 Å². The van der Waals surface area contributed by atoms with Crippen molar-refractivity contribution < 1.29 is 18.3 Å². The molecule has 0 atom stereocenters. The van der Waals surface area contributed by atoms with Gasteiger partial charge < -0.3 is 4.74 Å². The molecule has 4 rings (SSSR count). The molecule has 0 bridgehead atoms.